The van der Waals surface area contributed by atoms with Gasteiger partial charge in [-0.25, -0.2) is 0 Å². The van der Waals surface area contributed by atoms with Crippen molar-refractivity contribution in [3.05, 3.63) is 0 Å². The zero-order chi connectivity index (χ0) is 9.35. The average molecular weight is 195 g/mol. The van der Waals surface area contributed by atoms with Crippen LogP contribution in [-0.4, -0.2) is 40.9 Å². The highest BCUT2D eigenvalue weighted by Gasteiger charge is 2.37. The van der Waals surface area contributed by atoms with Crippen LogP contribution in [0, 0.1) is 0 Å². The van der Waals surface area contributed by atoms with Crippen LogP contribution in [0.5, 0.6) is 0 Å². The molecule has 1 aliphatic rings. The predicted molar refractivity (Wildman–Crippen MR) is 38.9 cm³/mol. The van der Waals surface area contributed by atoms with Gasteiger partial charge in [-0.3, -0.25) is 9.35 Å². The lowest BCUT2D eigenvalue weighted by Crippen LogP contribution is -2.39. The van der Waals surface area contributed by atoms with Gasteiger partial charge in [0.25, 0.3) is 0 Å². The van der Waals surface area contributed by atoms with E-state index in [0.717, 1.165) is 0 Å². The quantitative estimate of drug-likeness (QED) is 0.570. The van der Waals surface area contributed by atoms with Gasteiger partial charge in [0.15, 0.2) is 0 Å². The molecule has 0 radical (unpaired) electrons. The summed E-state index contributed by atoms with van der Waals surface area (Å²) in [6.07, 6.45) is 0.728. The van der Waals surface area contributed by atoms with E-state index in [1.54, 1.807) is 0 Å². The third-order valence-corrected chi connectivity index (χ3v) is 2.81. The fourth-order valence-electron chi connectivity index (χ4n) is 1.26. The Balaban J connectivity index is 2.85. The van der Waals surface area contributed by atoms with E-state index in [1.165, 1.54) is 0 Å². The topological polar surface area (TPSA) is 94.9 Å². The number of hydrogen-bond acceptors (Lipinski definition) is 3. The minimum absolute atomic E-state index is 0.0792. The number of carboxylic acids is 1. The SMILES string of the molecule is O=C(O)[C@@H]1CCCN1S(=O)(=O)O. The van der Waals surface area contributed by atoms with E-state index in [1.807, 2.05) is 0 Å². The monoisotopic (exact) mass is 195 g/mol. The Morgan fingerprint density at radius 3 is 2.42 bits per heavy atom. The Morgan fingerprint density at radius 1 is 1.50 bits per heavy atom. The fraction of sp³-hybridized carbons (Fsp3) is 0.800. The number of nitrogens with zero attached hydrogens (tertiary/aromatic N) is 1. The van der Waals surface area contributed by atoms with Crippen molar-refractivity contribution in [1.29, 1.82) is 0 Å². The first-order chi connectivity index (χ1) is 5.43. The van der Waals surface area contributed by atoms with Gasteiger partial charge in [-0.1, -0.05) is 0 Å². The smallest absolute Gasteiger partial charge is 0.336 e. The summed E-state index contributed by atoms with van der Waals surface area (Å²) < 4.78 is 30.3. The lowest BCUT2D eigenvalue weighted by atomic mass is 10.2. The Hall–Kier alpha value is -0.660. The Kier molecular flexibility index (Phi) is 2.36. The van der Waals surface area contributed by atoms with Crippen LogP contribution in [0.3, 0.4) is 0 Å². The van der Waals surface area contributed by atoms with E-state index in [4.69, 9.17) is 9.66 Å². The van der Waals surface area contributed by atoms with Gasteiger partial charge in [0, 0.05) is 6.54 Å². The molecule has 0 unspecified atom stereocenters. The maximum Gasteiger partial charge on any atom is 0.336 e. The third-order valence-electron chi connectivity index (χ3n) is 1.79. The third kappa shape index (κ3) is 1.74. The van der Waals surface area contributed by atoms with E-state index in [9.17, 15) is 13.2 Å². The second-order valence-electron chi connectivity index (χ2n) is 2.58. The van der Waals surface area contributed by atoms with Crippen LogP contribution in [-0.2, 0) is 15.1 Å². The van der Waals surface area contributed by atoms with Gasteiger partial charge in [0.05, 0.1) is 0 Å². The van der Waals surface area contributed by atoms with Gasteiger partial charge < -0.3 is 5.11 Å². The summed E-state index contributed by atoms with van der Waals surface area (Å²) in [4.78, 5) is 10.4. The molecule has 1 saturated heterocycles. The normalized spacial score (nSPS) is 25.9. The van der Waals surface area contributed by atoms with Crippen LogP contribution >= 0.6 is 0 Å². The first kappa shape index (κ1) is 9.43. The van der Waals surface area contributed by atoms with Gasteiger partial charge in [-0.2, -0.15) is 12.7 Å². The number of aliphatic carboxylic acids is 1. The molecule has 0 saturated carbocycles. The Bertz CT molecular complexity index is 284. The molecule has 1 heterocycles. The van der Waals surface area contributed by atoms with Gasteiger partial charge in [0.1, 0.15) is 6.04 Å². The number of rotatable bonds is 2. The van der Waals surface area contributed by atoms with Crippen LogP contribution < -0.4 is 0 Å². The summed E-state index contributed by atoms with van der Waals surface area (Å²) in [7, 11) is -4.34. The highest BCUT2D eigenvalue weighted by Crippen LogP contribution is 2.19. The molecule has 0 aromatic rings. The molecule has 0 amide bonds. The maximum atomic E-state index is 10.6. The number of hydrogen-bond donors (Lipinski definition) is 2. The van der Waals surface area contributed by atoms with E-state index in [-0.39, 0.29) is 13.0 Å². The number of carboxylic acid groups (broad SMARTS) is 1. The predicted octanol–water partition coefficient (Wildman–Crippen LogP) is -0.662. The van der Waals surface area contributed by atoms with Crippen molar-refractivity contribution >= 4 is 16.3 Å². The molecule has 0 aliphatic carbocycles. The van der Waals surface area contributed by atoms with Crippen molar-refractivity contribution < 1.29 is 22.9 Å². The molecule has 6 nitrogen and oxygen atoms in total. The molecule has 1 rings (SSSR count). The van der Waals surface area contributed by atoms with Crippen molar-refractivity contribution in [2.45, 2.75) is 18.9 Å². The van der Waals surface area contributed by atoms with Gasteiger partial charge >= 0.3 is 16.3 Å². The van der Waals surface area contributed by atoms with Gasteiger partial charge in [-0.05, 0) is 12.8 Å². The summed E-state index contributed by atoms with van der Waals surface area (Å²) in [6.45, 7) is 0.0792. The van der Waals surface area contributed by atoms with Crippen LogP contribution in [0.25, 0.3) is 0 Å². The molecule has 1 atom stereocenters. The Morgan fingerprint density at radius 2 is 2.08 bits per heavy atom. The molecule has 12 heavy (non-hydrogen) atoms. The largest absolute Gasteiger partial charge is 0.480 e. The van der Waals surface area contributed by atoms with E-state index >= 15 is 0 Å². The molecule has 2 N–H and O–H groups in total. The van der Waals surface area contributed by atoms with Crippen LogP contribution in [0.4, 0.5) is 0 Å². The first-order valence-electron chi connectivity index (χ1n) is 3.40. The van der Waals surface area contributed by atoms with E-state index in [0.29, 0.717) is 10.7 Å². The molecule has 1 fully saturated rings. The summed E-state index contributed by atoms with van der Waals surface area (Å²) in [5.74, 6) is -1.22. The Labute approximate surface area is 69.7 Å². The first-order valence-corrected chi connectivity index (χ1v) is 4.79. The summed E-state index contributed by atoms with van der Waals surface area (Å²) in [5.41, 5.74) is 0. The summed E-state index contributed by atoms with van der Waals surface area (Å²) >= 11 is 0. The lowest BCUT2D eigenvalue weighted by molar-refractivity contribution is -0.140. The van der Waals surface area contributed by atoms with Crippen molar-refractivity contribution in [2.75, 3.05) is 6.54 Å². The van der Waals surface area contributed by atoms with Gasteiger partial charge in [-0.15, -0.1) is 0 Å². The summed E-state index contributed by atoms with van der Waals surface area (Å²) in [5, 5.41) is 8.53. The zero-order valence-electron chi connectivity index (χ0n) is 6.17. The zero-order valence-corrected chi connectivity index (χ0v) is 6.99. The van der Waals surface area contributed by atoms with E-state index < -0.39 is 22.3 Å². The minimum atomic E-state index is -4.34. The highest BCUT2D eigenvalue weighted by atomic mass is 32.2. The second-order valence-corrected chi connectivity index (χ2v) is 3.95. The lowest BCUT2D eigenvalue weighted by Gasteiger charge is -2.15. The molecule has 1 aliphatic heterocycles. The molecule has 70 valence electrons. The molecule has 0 spiro atoms. The van der Waals surface area contributed by atoms with E-state index in [2.05, 4.69) is 0 Å². The molecule has 0 aromatic heterocycles. The van der Waals surface area contributed by atoms with Crippen LogP contribution in [0.15, 0.2) is 0 Å². The molecular weight excluding hydrogens is 186 g/mol. The van der Waals surface area contributed by atoms with Gasteiger partial charge in [0.2, 0.25) is 0 Å². The van der Waals surface area contributed by atoms with Crippen LogP contribution in [0.1, 0.15) is 12.8 Å². The molecular formula is C5H9NO5S. The second kappa shape index (κ2) is 3.00. The fourth-order valence-corrected chi connectivity index (χ4v) is 2.14. The molecule has 0 aromatic carbocycles. The average Bonchev–Trinajstić information content (AvgIpc) is 2.30. The van der Waals surface area contributed by atoms with Crippen molar-refractivity contribution in [3.63, 3.8) is 0 Å². The van der Waals surface area contributed by atoms with Crippen molar-refractivity contribution in [3.8, 4) is 0 Å². The summed E-state index contributed by atoms with van der Waals surface area (Å²) in [6, 6.07) is -1.10. The van der Waals surface area contributed by atoms with Crippen LogP contribution in [0.2, 0.25) is 0 Å². The highest BCUT2D eigenvalue weighted by molar-refractivity contribution is 7.83. The standard InChI is InChI=1S/C5H9NO5S/c7-5(8)4-2-1-3-6(4)12(9,10)11/h4H,1-3H2,(H,7,8)(H,9,10,11)/t4-/m0/s1. The van der Waals surface area contributed by atoms with Crippen molar-refractivity contribution in [2.24, 2.45) is 0 Å². The maximum absolute atomic E-state index is 10.6. The van der Waals surface area contributed by atoms with Crippen molar-refractivity contribution in [1.82, 2.24) is 4.31 Å². The number of carbonyl (C=O) groups is 1. The molecule has 0 bridgehead atoms. The minimum Gasteiger partial charge on any atom is -0.480 e. The molecule has 7 heteroatoms.